The third kappa shape index (κ3) is 12.6. The number of carbonyl (C=O) groups is 4. The predicted molar refractivity (Wildman–Crippen MR) is 193 cm³/mol. The molecule has 0 saturated carbocycles. The van der Waals surface area contributed by atoms with Gasteiger partial charge in [0, 0.05) is 44.6 Å². The molecule has 0 aliphatic carbocycles. The number of amides is 2. The van der Waals surface area contributed by atoms with Gasteiger partial charge in [0.2, 0.25) is 11.8 Å². The molecule has 0 fully saturated rings. The number of aliphatic hydroxyl groups excluding tert-OH is 1. The molecule has 0 saturated heterocycles. The van der Waals surface area contributed by atoms with Gasteiger partial charge in [0.1, 0.15) is 5.78 Å². The van der Waals surface area contributed by atoms with E-state index >= 15 is 0 Å². The van der Waals surface area contributed by atoms with E-state index in [9.17, 15) is 24.3 Å². The first-order valence-electron chi connectivity index (χ1n) is 17.0. The van der Waals surface area contributed by atoms with Crippen LogP contribution in [-0.2, 0) is 32.1 Å². The molecule has 49 heavy (non-hydrogen) atoms. The molecule has 9 heteroatoms. The Balaban J connectivity index is 1.94. The molecule has 2 aromatic carbocycles. The number of rotatable bonds is 16. The summed E-state index contributed by atoms with van der Waals surface area (Å²) in [6.07, 6.45) is 1.24. The summed E-state index contributed by atoms with van der Waals surface area (Å²) in [5, 5.41) is 16.4. The first kappa shape index (κ1) is 39.2. The zero-order valence-corrected chi connectivity index (χ0v) is 30.3. The fourth-order valence-corrected chi connectivity index (χ4v) is 5.99. The van der Waals surface area contributed by atoms with E-state index in [1.54, 1.807) is 11.2 Å². The monoisotopic (exact) mass is 670 g/mol. The molecule has 1 aromatic heterocycles. The lowest BCUT2D eigenvalue weighted by atomic mass is 9.77. The second kappa shape index (κ2) is 17.4. The van der Waals surface area contributed by atoms with E-state index in [1.807, 2.05) is 114 Å². The van der Waals surface area contributed by atoms with Crippen molar-refractivity contribution in [3.8, 4) is 11.3 Å². The molecule has 3 rings (SSSR count). The molecule has 1 heterocycles. The minimum Gasteiger partial charge on any atom is -0.391 e. The van der Waals surface area contributed by atoms with Gasteiger partial charge >= 0.3 is 0 Å². The molecule has 3 aromatic rings. The van der Waals surface area contributed by atoms with Gasteiger partial charge < -0.3 is 15.2 Å². The average molecular weight is 671 g/mol. The Morgan fingerprint density at radius 3 is 1.96 bits per heavy atom. The van der Waals surface area contributed by atoms with Gasteiger partial charge in [-0.1, -0.05) is 102 Å². The number of Topliss-reactive ketones (excluding diaryl/α,β-unsaturated/α-hetero) is 2. The largest absolute Gasteiger partial charge is 0.391 e. The van der Waals surface area contributed by atoms with E-state index in [4.69, 9.17) is 0 Å². The molecule has 0 spiro atoms. The van der Waals surface area contributed by atoms with E-state index in [0.717, 1.165) is 22.4 Å². The Morgan fingerprint density at radius 2 is 1.43 bits per heavy atom. The summed E-state index contributed by atoms with van der Waals surface area (Å²) < 4.78 is 0. The number of hydrogen-bond acceptors (Lipinski definition) is 7. The molecule has 4 atom stereocenters. The molecule has 9 nitrogen and oxygen atoms in total. The van der Waals surface area contributed by atoms with Crippen LogP contribution in [0.1, 0.15) is 79.4 Å². The zero-order chi connectivity index (χ0) is 36.4. The maximum Gasteiger partial charge on any atom is 0.238 e. The van der Waals surface area contributed by atoms with Crippen LogP contribution in [0, 0.1) is 22.7 Å². The average Bonchev–Trinajstić information content (AvgIpc) is 3.02. The van der Waals surface area contributed by atoms with E-state index in [-0.39, 0.29) is 49.3 Å². The van der Waals surface area contributed by atoms with Crippen LogP contribution in [-0.4, -0.2) is 57.2 Å². The maximum absolute atomic E-state index is 13.8. The van der Waals surface area contributed by atoms with Crippen LogP contribution < -0.4 is 10.7 Å². The standard InChI is InChI=1S/C40H54N4O5/c1-27(45)22-33(39(3,4)5)38(49)43-44(25-30-17-19-31(20-18-30)34-16-12-13-21-41-34)26-36(48)32(23-29-14-10-9-11-15-29)24-35(47)37(40(6,7)8)42-28(2)46/h9-21,32-33,36-37,48H,22-26H2,1-8H3,(H,42,46)(H,43,49)/t32-,33-,36+,37-/m1/s1. The number of aliphatic hydroxyl groups is 1. The minimum absolute atomic E-state index is 0.0216. The van der Waals surface area contributed by atoms with Crippen molar-refractivity contribution in [2.45, 2.75) is 93.3 Å². The molecule has 2 amide bonds. The molecule has 0 aliphatic heterocycles. The summed E-state index contributed by atoms with van der Waals surface area (Å²) in [5.74, 6) is -1.97. The number of hydrazine groups is 1. The van der Waals surface area contributed by atoms with Crippen molar-refractivity contribution in [2.75, 3.05) is 6.54 Å². The Labute approximate surface area is 291 Å². The van der Waals surface area contributed by atoms with Gasteiger partial charge in [-0.2, -0.15) is 0 Å². The molecule has 3 N–H and O–H groups in total. The van der Waals surface area contributed by atoms with Crippen LogP contribution in [0.4, 0.5) is 0 Å². The normalized spacial score (nSPS) is 14.4. The smallest absolute Gasteiger partial charge is 0.238 e. The van der Waals surface area contributed by atoms with Crippen LogP contribution >= 0.6 is 0 Å². The number of pyridine rings is 1. The van der Waals surface area contributed by atoms with Gasteiger partial charge in [0.15, 0.2) is 5.78 Å². The number of hydrogen-bond donors (Lipinski definition) is 3. The summed E-state index contributed by atoms with van der Waals surface area (Å²) in [7, 11) is 0. The summed E-state index contributed by atoms with van der Waals surface area (Å²) in [4.78, 5) is 56.2. The second-order valence-corrected chi connectivity index (χ2v) is 15.3. The summed E-state index contributed by atoms with van der Waals surface area (Å²) in [5.41, 5.74) is 5.64. The number of benzene rings is 2. The van der Waals surface area contributed by atoms with E-state index < -0.39 is 34.8 Å². The van der Waals surface area contributed by atoms with E-state index in [1.165, 1.54) is 13.8 Å². The van der Waals surface area contributed by atoms with E-state index in [0.29, 0.717) is 6.42 Å². The molecular weight excluding hydrogens is 616 g/mol. The van der Waals surface area contributed by atoms with Gasteiger partial charge in [-0.25, -0.2) is 5.01 Å². The quantitative estimate of drug-likeness (QED) is 0.161. The Morgan fingerprint density at radius 1 is 0.796 bits per heavy atom. The fraction of sp³-hybridized carbons (Fsp3) is 0.475. The van der Waals surface area contributed by atoms with Crippen molar-refractivity contribution in [1.29, 1.82) is 0 Å². The molecule has 0 unspecified atom stereocenters. The summed E-state index contributed by atoms with van der Waals surface area (Å²) in [6, 6.07) is 22.5. The molecule has 0 bridgehead atoms. The van der Waals surface area contributed by atoms with Crippen LogP contribution in [0.5, 0.6) is 0 Å². The SMILES string of the molecule is CC(=O)C[C@H](C(=O)NN(Cc1ccc(-c2ccccn2)cc1)C[C@H](O)[C@@H](CC(=O)[C@@H](NC(C)=O)C(C)(C)C)Cc1ccccc1)C(C)(C)C. The van der Waals surface area contributed by atoms with Crippen molar-refractivity contribution in [2.24, 2.45) is 22.7 Å². The summed E-state index contributed by atoms with van der Waals surface area (Å²) >= 11 is 0. The van der Waals surface area contributed by atoms with Gasteiger partial charge in [-0.15, -0.1) is 0 Å². The fourth-order valence-electron chi connectivity index (χ4n) is 5.99. The number of ketones is 2. The number of nitrogens with one attached hydrogen (secondary N) is 2. The van der Waals surface area contributed by atoms with Crippen LogP contribution in [0.15, 0.2) is 79.0 Å². The number of nitrogens with zero attached hydrogens (tertiary/aromatic N) is 2. The molecule has 0 aliphatic rings. The highest BCUT2D eigenvalue weighted by Crippen LogP contribution is 2.30. The third-order valence-corrected chi connectivity index (χ3v) is 8.70. The maximum atomic E-state index is 13.8. The van der Waals surface area contributed by atoms with Crippen LogP contribution in [0.3, 0.4) is 0 Å². The number of carbonyl (C=O) groups excluding carboxylic acids is 4. The van der Waals surface area contributed by atoms with Gasteiger partial charge in [0.05, 0.1) is 23.8 Å². The van der Waals surface area contributed by atoms with Gasteiger partial charge in [-0.05, 0) is 53.4 Å². The van der Waals surface area contributed by atoms with Crippen molar-refractivity contribution in [3.63, 3.8) is 0 Å². The predicted octanol–water partition coefficient (Wildman–Crippen LogP) is 5.95. The lowest BCUT2D eigenvalue weighted by Crippen LogP contribution is -2.52. The molecular formula is C40H54N4O5. The second-order valence-electron chi connectivity index (χ2n) is 15.3. The highest BCUT2D eigenvalue weighted by molar-refractivity contribution is 5.89. The lowest BCUT2D eigenvalue weighted by Gasteiger charge is -2.35. The Hall–Kier alpha value is -4.21. The Kier molecular flexibility index (Phi) is 14.0. The van der Waals surface area contributed by atoms with Crippen molar-refractivity contribution < 1.29 is 24.3 Å². The highest BCUT2D eigenvalue weighted by Gasteiger charge is 2.36. The van der Waals surface area contributed by atoms with Crippen molar-refractivity contribution in [3.05, 3.63) is 90.1 Å². The zero-order valence-electron chi connectivity index (χ0n) is 30.3. The Bertz CT molecular complexity index is 1530. The van der Waals surface area contributed by atoms with Crippen LogP contribution in [0.2, 0.25) is 0 Å². The van der Waals surface area contributed by atoms with Crippen LogP contribution in [0.25, 0.3) is 11.3 Å². The topological polar surface area (TPSA) is 129 Å². The first-order chi connectivity index (χ1) is 22.9. The van der Waals surface area contributed by atoms with Gasteiger partial charge in [-0.3, -0.25) is 24.8 Å². The third-order valence-electron chi connectivity index (χ3n) is 8.70. The van der Waals surface area contributed by atoms with Gasteiger partial charge in [0.25, 0.3) is 0 Å². The van der Waals surface area contributed by atoms with Crippen molar-refractivity contribution in [1.82, 2.24) is 20.7 Å². The first-order valence-corrected chi connectivity index (χ1v) is 17.0. The highest BCUT2D eigenvalue weighted by atomic mass is 16.3. The summed E-state index contributed by atoms with van der Waals surface area (Å²) in [6.45, 7) is 14.6. The van der Waals surface area contributed by atoms with E-state index in [2.05, 4.69) is 15.7 Å². The minimum atomic E-state index is -1.03. The number of aromatic nitrogens is 1. The lowest BCUT2D eigenvalue weighted by molar-refractivity contribution is -0.138. The molecule has 264 valence electrons. The molecule has 0 radical (unpaired) electrons. The van der Waals surface area contributed by atoms with Crippen molar-refractivity contribution >= 4 is 23.4 Å².